The normalized spacial score (nSPS) is 15.7. The molecule has 1 saturated heterocycles. The minimum Gasteiger partial charge on any atom is -0.489 e. The molecule has 3 aromatic carbocycles. The number of methoxy groups -OCH3 is 1. The Morgan fingerprint density at radius 3 is 2.35 bits per heavy atom. The number of amidine groups is 1. The smallest absolute Gasteiger partial charge is 0.337 e. The Morgan fingerprint density at radius 2 is 1.71 bits per heavy atom. The van der Waals surface area contributed by atoms with Crippen molar-refractivity contribution < 1.29 is 19.1 Å². The maximum Gasteiger partial charge on any atom is 0.337 e. The monoisotopic (exact) mass is 584 g/mol. The van der Waals surface area contributed by atoms with Gasteiger partial charge in [0.2, 0.25) is 0 Å². The molecule has 0 aromatic heterocycles. The van der Waals surface area contributed by atoms with Crippen LogP contribution in [0.15, 0.2) is 82.7 Å². The van der Waals surface area contributed by atoms with Crippen LogP contribution in [0.3, 0.4) is 0 Å². The van der Waals surface area contributed by atoms with Crippen molar-refractivity contribution in [2.75, 3.05) is 14.2 Å². The number of thioether (sulfide) groups is 1. The van der Waals surface area contributed by atoms with Gasteiger partial charge in [-0.15, -0.1) is 0 Å². The molecule has 0 radical (unpaired) electrons. The maximum atomic E-state index is 12.7. The van der Waals surface area contributed by atoms with Crippen LogP contribution in [0.1, 0.15) is 21.5 Å². The number of carbonyl (C=O) groups excluding carboxylic acids is 2. The highest BCUT2D eigenvalue weighted by atomic mass is 127. The summed E-state index contributed by atoms with van der Waals surface area (Å²) in [4.78, 5) is 30.9. The zero-order valence-corrected chi connectivity index (χ0v) is 21.5. The summed E-state index contributed by atoms with van der Waals surface area (Å²) in [5, 5.41) is 0.569. The van der Waals surface area contributed by atoms with Crippen LogP contribution in [-0.4, -0.2) is 36.1 Å². The molecular formula is C26H21IN2O4S. The Bertz CT molecular complexity index is 1250. The summed E-state index contributed by atoms with van der Waals surface area (Å²) in [6.07, 6.45) is 1.84. The van der Waals surface area contributed by atoms with E-state index in [9.17, 15) is 9.59 Å². The highest BCUT2D eigenvalue weighted by Crippen LogP contribution is 2.33. The third kappa shape index (κ3) is 5.87. The number of amides is 1. The molecule has 6 nitrogen and oxygen atoms in total. The molecule has 1 aliphatic rings. The Balaban J connectivity index is 1.42. The van der Waals surface area contributed by atoms with Crippen molar-refractivity contribution in [1.82, 2.24) is 4.90 Å². The number of aliphatic imine (C=N–C) groups is 1. The molecule has 0 unspecified atom stereocenters. The number of rotatable bonds is 6. The first-order valence-electron chi connectivity index (χ1n) is 10.3. The number of benzene rings is 3. The largest absolute Gasteiger partial charge is 0.489 e. The lowest BCUT2D eigenvalue weighted by Crippen LogP contribution is -2.23. The molecule has 1 heterocycles. The lowest BCUT2D eigenvalue weighted by atomic mass is 10.2. The van der Waals surface area contributed by atoms with Crippen LogP contribution in [-0.2, 0) is 16.1 Å². The molecule has 0 bridgehead atoms. The molecule has 0 aliphatic carbocycles. The molecule has 1 amide bonds. The van der Waals surface area contributed by atoms with Gasteiger partial charge in [-0.25, -0.2) is 9.79 Å². The minimum absolute atomic E-state index is 0.117. The fourth-order valence-corrected chi connectivity index (χ4v) is 4.46. The topological polar surface area (TPSA) is 68.2 Å². The van der Waals surface area contributed by atoms with E-state index in [1.807, 2.05) is 42.5 Å². The summed E-state index contributed by atoms with van der Waals surface area (Å²) in [7, 11) is 3.03. The fraction of sp³-hybridized carbons (Fsp3) is 0.115. The Labute approximate surface area is 215 Å². The van der Waals surface area contributed by atoms with Gasteiger partial charge in [0.15, 0.2) is 5.17 Å². The summed E-state index contributed by atoms with van der Waals surface area (Å²) in [6.45, 7) is 0.497. The number of nitrogens with zero attached hydrogens (tertiary/aromatic N) is 2. The molecule has 0 atom stereocenters. The number of likely N-dealkylation sites (N-methyl/N-ethyl adjacent to an activating group) is 1. The quantitative estimate of drug-likeness (QED) is 0.205. The van der Waals surface area contributed by atoms with E-state index in [-0.39, 0.29) is 5.91 Å². The summed E-state index contributed by atoms with van der Waals surface area (Å²) < 4.78 is 11.8. The summed E-state index contributed by atoms with van der Waals surface area (Å²) >= 11 is 3.58. The predicted octanol–water partition coefficient (Wildman–Crippen LogP) is 5.89. The summed E-state index contributed by atoms with van der Waals surface area (Å²) in [6, 6.07) is 22.6. The van der Waals surface area contributed by atoms with Crippen LogP contribution in [0.4, 0.5) is 5.69 Å². The number of ether oxygens (including phenoxy) is 2. The zero-order chi connectivity index (χ0) is 24.1. The van der Waals surface area contributed by atoms with Crippen molar-refractivity contribution in [2.24, 2.45) is 4.99 Å². The van der Waals surface area contributed by atoms with E-state index in [1.165, 1.54) is 27.3 Å². The van der Waals surface area contributed by atoms with E-state index in [1.54, 1.807) is 31.3 Å². The Hall–Kier alpha value is -3.11. The van der Waals surface area contributed by atoms with Gasteiger partial charge in [-0.05, 0) is 100 Å². The van der Waals surface area contributed by atoms with Crippen LogP contribution in [0.2, 0.25) is 0 Å². The number of esters is 1. The second-order valence-electron chi connectivity index (χ2n) is 7.39. The molecule has 1 aliphatic heterocycles. The van der Waals surface area contributed by atoms with Gasteiger partial charge in [0.25, 0.3) is 5.91 Å². The molecule has 3 aromatic rings. The SMILES string of the molecule is COC(=O)c1ccc(N=C2SC(=Cc3ccc(OCc4ccc(I)cc4)cc3)C(=O)N2C)cc1. The Morgan fingerprint density at radius 1 is 1.03 bits per heavy atom. The van der Waals surface area contributed by atoms with Crippen molar-refractivity contribution in [3.8, 4) is 5.75 Å². The average Bonchev–Trinajstić information content (AvgIpc) is 3.12. The molecule has 0 saturated carbocycles. The number of hydrogen-bond acceptors (Lipinski definition) is 6. The van der Waals surface area contributed by atoms with Crippen LogP contribution in [0.5, 0.6) is 5.75 Å². The molecule has 34 heavy (non-hydrogen) atoms. The lowest BCUT2D eigenvalue weighted by molar-refractivity contribution is -0.121. The van der Waals surface area contributed by atoms with Gasteiger partial charge in [0, 0.05) is 10.6 Å². The zero-order valence-electron chi connectivity index (χ0n) is 18.5. The Kier molecular flexibility index (Phi) is 7.69. The first-order valence-corrected chi connectivity index (χ1v) is 12.2. The predicted molar refractivity (Wildman–Crippen MR) is 143 cm³/mol. The van der Waals surface area contributed by atoms with Crippen LogP contribution in [0, 0.1) is 3.57 Å². The minimum atomic E-state index is -0.404. The van der Waals surface area contributed by atoms with Gasteiger partial charge >= 0.3 is 5.97 Å². The molecule has 1 fully saturated rings. The van der Waals surface area contributed by atoms with Crippen molar-refractivity contribution in [3.63, 3.8) is 0 Å². The van der Waals surface area contributed by atoms with Crippen molar-refractivity contribution in [1.29, 1.82) is 0 Å². The van der Waals surface area contributed by atoms with Crippen LogP contribution in [0.25, 0.3) is 6.08 Å². The maximum absolute atomic E-state index is 12.7. The molecular weight excluding hydrogens is 563 g/mol. The molecule has 4 rings (SSSR count). The molecule has 172 valence electrons. The summed E-state index contributed by atoms with van der Waals surface area (Å²) in [5.41, 5.74) is 3.09. The van der Waals surface area contributed by atoms with Gasteiger partial charge in [0.05, 0.1) is 23.3 Å². The van der Waals surface area contributed by atoms with Gasteiger partial charge in [-0.1, -0.05) is 24.3 Å². The molecule has 0 N–H and O–H groups in total. The van der Waals surface area contributed by atoms with E-state index in [0.717, 1.165) is 16.9 Å². The molecule has 8 heteroatoms. The van der Waals surface area contributed by atoms with Gasteiger partial charge < -0.3 is 9.47 Å². The van der Waals surface area contributed by atoms with Gasteiger partial charge in [-0.2, -0.15) is 0 Å². The lowest BCUT2D eigenvalue weighted by Gasteiger charge is -2.07. The van der Waals surface area contributed by atoms with Gasteiger partial charge in [0.1, 0.15) is 12.4 Å². The average molecular weight is 584 g/mol. The van der Waals surface area contributed by atoms with Crippen molar-refractivity contribution in [2.45, 2.75) is 6.61 Å². The van der Waals surface area contributed by atoms with E-state index in [0.29, 0.717) is 27.9 Å². The second kappa shape index (κ2) is 10.9. The van der Waals surface area contributed by atoms with Crippen molar-refractivity contribution in [3.05, 3.63) is 98.0 Å². The first-order chi connectivity index (χ1) is 16.4. The van der Waals surface area contributed by atoms with Crippen molar-refractivity contribution >= 4 is 63.2 Å². The van der Waals surface area contributed by atoms with Gasteiger partial charge in [-0.3, -0.25) is 9.69 Å². The standard InChI is InChI=1S/C26H21IN2O4S/c1-29-24(30)23(34-26(29)28-21-11-7-19(8-12-21)25(31)32-2)15-17-5-13-22(14-6-17)33-16-18-3-9-20(27)10-4-18/h3-15H,16H2,1-2H3. The summed E-state index contributed by atoms with van der Waals surface area (Å²) in [5.74, 6) is 0.244. The first kappa shape index (κ1) is 24.0. The van der Waals surface area contributed by atoms with Crippen LogP contribution < -0.4 is 4.74 Å². The van der Waals surface area contributed by atoms with E-state index in [2.05, 4.69) is 39.7 Å². The van der Waals surface area contributed by atoms with Crippen LogP contribution >= 0.6 is 34.4 Å². The fourth-order valence-electron chi connectivity index (χ4n) is 3.11. The number of carbonyl (C=O) groups is 2. The third-order valence-corrected chi connectivity index (χ3v) is 6.79. The van der Waals surface area contributed by atoms with E-state index >= 15 is 0 Å². The second-order valence-corrected chi connectivity index (χ2v) is 9.65. The highest BCUT2D eigenvalue weighted by molar-refractivity contribution is 14.1. The van der Waals surface area contributed by atoms with E-state index < -0.39 is 5.97 Å². The third-order valence-electron chi connectivity index (χ3n) is 5.01. The molecule has 0 spiro atoms. The van der Waals surface area contributed by atoms with E-state index in [4.69, 9.17) is 9.47 Å². The number of hydrogen-bond donors (Lipinski definition) is 0. The highest BCUT2D eigenvalue weighted by Gasteiger charge is 2.30. The number of halogens is 1.